The third-order valence-electron chi connectivity index (χ3n) is 3.14. The first-order valence-corrected chi connectivity index (χ1v) is 7.97. The molecule has 7 nitrogen and oxygen atoms in total. The molecule has 1 heterocycles. The van der Waals surface area contributed by atoms with Crippen LogP contribution in [0.25, 0.3) is 0 Å². The largest absolute Gasteiger partial charge is 0.480 e. The third kappa shape index (κ3) is 3.92. The highest BCUT2D eigenvalue weighted by Crippen LogP contribution is 2.20. The zero-order valence-electron chi connectivity index (χ0n) is 12.6. The summed E-state index contributed by atoms with van der Waals surface area (Å²) in [6.07, 6.45) is 2.34. The number of nitrogens with zero attached hydrogens (tertiary/aromatic N) is 2. The molecule has 21 heavy (non-hydrogen) atoms. The van der Waals surface area contributed by atoms with E-state index in [0.717, 1.165) is 4.31 Å². The number of hydrogen-bond donors (Lipinski definition) is 2. The Morgan fingerprint density at radius 1 is 1.43 bits per heavy atom. The van der Waals surface area contributed by atoms with Gasteiger partial charge < -0.3 is 10.4 Å². The fourth-order valence-corrected chi connectivity index (χ4v) is 2.67. The molecular formula is C13H21N3O4S. The summed E-state index contributed by atoms with van der Waals surface area (Å²) in [6.45, 7) is 3.47. The highest BCUT2D eigenvalue weighted by atomic mass is 32.2. The minimum absolute atomic E-state index is 0.0607. The first-order chi connectivity index (χ1) is 9.63. The smallest absolute Gasteiger partial charge is 0.329 e. The van der Waals surface area contributed by atoms with Crippen molar-refractivity contribution in [2.24, 2.45) is 0 Å². The molecule has 118 valence electrons. The van der Waals surface area contributed by atoms with E-state index in [-0.39, 0.29) is 4.90 Å². The summed E-state index contributed by atoms with van der Waals surface area (Å²) in [5, 5.41) is 12.1. The Hall–Kier alpha value is -1.67. The SMILES string of the molecule is CCCC(C)(Nc1ccc(S(=O)(=O)N(C)C)cn1)C(=O)O. The number of aromatic nitrogens is 1. The number of anilines is 1. The molecule has 0 aromatic carbocycles. The van der Waals surface area contributed by atoms with Crippen molar-refractivity contribution in [1.29, 1.82) is 0 Å². The Labute approximate surface area is 125 Å². The van der Waals surface area contributed by atoms with Crippen LogP contribution >= 0.6 is 0 Å². The molecule has 0 amide bonds. The molecule has 1 atom stereocenters. The monoisotopic (exact) mass is 315 g/mol. The number of nitrogens with one attached hydrogen (secondary N) is 1. The number of carboxylic acids is 1. The summed E-state index contributed by atoms with van der Waals surface area (Å²) in [5.74, 6) is -0.651. The van der Waals surface area contributed by atoms with Gasteiger partial charge in [-0.3, -0.25) is 0 Å². The minimum Gasteiger partial charge on any atom is -0.480 e. The molecule has 8 heteroatoms. The molecule has 0 aliphatic carbocycles. The minimum atomic E-state index is -3.54. The average Bonchev–Trinajstić information content (AvgIpc) is 2.39. The first kappa shape index (κ1) is 17.4. The summed E-state index contributed by atoms with van der Waals surface area (Å²) in [7, 11) is -0.668. The van der Waals surface area contributed by atoms with Crippen LogP contribution in [0.1, 0.15) is 26.7 Å². The van der Waals surface area contributed by atoms with Crippen LogP contribution in [0.5, 0.6) is 0 Å². The maximum absolute atomic E-state index is 11.9. The van der Waals surface area contributed by atoms with E-state index < -0.39 is 21.5 Å². The lowest BCUT2D eigenvalue weighted by atomic mass is 9.96. The van der Waals surface area contributed by atoms with Gasteiger partial charge in [-0.05, 0) is 25.5 Å². The van der Waals surface area contributed by atoms with Gasteiger partial charge in [-0.15, -0.1) is 0 Å². The van der Waals surface area contributed by atoms with Crippen molar-refractivity contribution in [2.75, 3.05) is 19.4 Å². The molecule has 0 aliphatic rings. The fraction of sp³-hybridized carbons (Fsp3) is 0.538. The van der Waals surface area contributed by atoms with Gasteiger partial charge in [0.05, 0.1) is 0 Å². The van der Waals surface area contributed by atoms with Crippen molar-refractivity contribution in [1.82, 2.24) is 9.29 Å². The van der Waals surface area contributed by atoms with Gasteiger partial charge in [0.15, 0.2) is 0 Å². The zero-order chi connectivity index (χ0) is 16.3. The van der Waals surface area contributed by atoms with E-state index in [9.17, 15) is 18.3 Å². The molecule has 0 saturated carbocycles. The second-order valence-corrected chi connectivity index (χ2v) is 7.33. The van der Waals surface area contributed by atoms with Gasteiger partial charge in [0.2, 0.25) is 10.0 Å². The third-order valence-corrected chi connectivity index (χ3v) is 4.94. The van der Waals surface area contributed by atoms with Crippen LogP contribution in [0, 0.1) is 0 Å². The van der Waals surface area contributed by atoms with Crippen LogP contribution in [0.2, 0.25) is 0 Å². The molecule has 0 radical (unpaired) electrons. The number of aliphatic carboxylic acids is 1. The Bertz CT molecular complexity index is 598. The highest BCUT2D eigenvalue weighted by molar-refractivity contribution is 7.89. The second-order valence-electron chi connectivity index (χ2n) is 5.18. The maximum Gasteiger partial charge on any atom is 0.329 e. The van der Waals surface area contributed by atoms with Gasteiger partial charge in [0.25, 0.3) is 0 Å². The van der Waals surface area contributed by atoms with Crippen molar-refractivity contribution in [3.63, 3.8) is 0 Å². The predicted molar refractivity (Wildman–Crippen MR) is 79.7 cm³/mol. The summed E-state index contributed by atoms with van der Waals surface area (Å²) in [5.41, 5.74) is -1.14. The zero-order valence-corrected chi connectivity index (χ0v) is 13.4. The van der Waals surface area contributed by atoms with Crippen molar-refractivity contribution in [2.45, 2.75) is 37.1 Å². The van der Waals surface area contributed by atoms with Gasteiger partial charge in [0.1, 0.15) is 16.3 Å². The Morgan fingerprint density at radius 3 is 2.43 bits per heavy atom. The molecule has 1 aromatic heterocycles. The van der Waals surface area contributed by atoms with E-state index in [1.54, 1.807) is 6.92 Å². The van der Waals surface area contributed by atoms with Crippen molar-refractivity contribution in [3.05, 3.63) is 18.3 Å². The second kappa shape index (κ2) is 6.40. The van der Waals surface area contributed by atoms with Crippen LogP contribution in [-0.2, 0) is 14.8 Å². The number of carbonyl (C=O) groups is 1. The molecule has 0 spiro atoms. The van der Waals surface area contributed by atoms with Crippen LogP contribution in [0.15, 0.2) is 23.2 Å². The molecule has 2 N–H and O–H groups in total. The van der Waals surface area contributed by atoms with Gasteiger partial charge >= 0.3 is 5.97 Å². The van der Waals surface area contributed by atoms with Gasteiger partial charge in [-0.2, -0.15) is 0 Å². The molecule has 0 saturated heterocycles. The number of hydrogen-bond acceptors (Lipinski definition) is 5. The lowest BCUT2D eigenvalue weighted by Gasteiger charge is -2.26. The summed E-state index contributed by atoms with van der Waals surface area (Å²) >= 11 is 0. The molecule has 1 aromatic rings. The fourth-order valence-electron chi connectivity index (χ4n) is 1.82. The van der Waals surface area contributed by atoms with E-state index in [1.165, 1.54) is 32.4 Å². The first-order valence-electron chi connectivity index (χ1n) is 6.53. The average molecular weight is 315 g/mol. The van der Waals surface area contributed by atoms with Gasteiger partial charge in [-0.1, -0.05) is 13.3 Å². The molecular weight excluding hydrogens is 294 g/mol. The standard InChI is InChI=1S/C13H21N3O4S/c1-5-8-13(2,12(17)18)15-11-7-6-10(9-14-11)21(19,20)16(3)4/h6-7,9H,5,8H2,1-4H3,(H,14,15)(H,17,18). The molecule has 0 aliphatic heterocycles. The topological polar surface area (TPSA) is 99.6 Å². The van der Waals surface area contributed by atoms with Crippen molar-refractivity contribution < 1.29 is 18.3 Å². The van der Waals surface area contributed by atoms with Crippen LogP contribution in [-0.4, -0.2) is 48.4 Å². The van der Waals surface area contributed by atoms with Crippen LogP contribution in [0.3, 0.4) is 0 Å². The summed E-state index contributed by atoms with van der Waals surface area (Å²) in [4.78, 5) is 15.4. The Kier molecular flexibility index (Phi) is 5.30. The van der Waals surface area contributed by atoms with E-state index in [4.69, 9.17) is 0 Å². The predicted octanol–water partition coefficient (Wildman–Crippen LogP) is 1.39. The quantitative estimate of drug-likeness (QED) is 0.788. The lowest BCUT2D eigenvalue weighted by molar-refractivity contribution is -0.142. The Balaban J connectivity index is 3.01. The number of rotatable bonds is 7. The van der Waals surface area contributed by atoms with Crippen LogP contribution < -0.4 is 5.32 Å². The number of pyridine rings is 1. The van der Waals surface area contributed by atoms with Crippen molar-refractivity contribution >= 4 is 21.8 Å². The number of carboxylic acid groups (broad SMARTS) is 1. The number of sulfonamides is 1. The maximum atomic E-state index is 11.9. The van der Waals surface area contributed by atoms with E-state index in [2.05, 4.69) is 10.3 Å². The van der Waals surface area contributed by atoms with E-state index in [0.29, 0.717) is 18.7 Å². The molecule has 1 rings (SSSR count). The normalized spacial score (nSPS) is 14.7. The lowest BCUT2D eigenvalue weighted by Crippen LogP contribution is -2.43. The van der Waals surface area contributed by atoms with E-state index >= 15 is 0 Å². The summed E-state index contributed by atoms with van der Waals surface area (Å²) < 4.78 is 24.9. The molecule has 0 bridgehead atoms. The summed E-state index contributed by atoms with van der Waals surface area (Å²) in [6, 6.07) is 2.87. The van der Waals surface area contributed by atoms with Gasteiger partial charge in [-0.25, -0.2) is 22.5 Å². The Morgan fingerprint density at radius 2 is 2.05 bits per heavy atom. The van der Waals surface area contributed by atoms with Gasteiger partial charge in [0, 0.05) is 20.3 Å². The van der Waals surface area contributed by atoms with Crippen molar-refractivity contribution in [3.8, 4) is 0 Å². The molecule has 1 unspecified atom stereocenters. The molecule has 0 fully saturated rings. The van der Waals surface area contributed by atoms with E-state index in [1.807, 2.05) is 6.92 Å². The van der Waals surface area contributed by atoms with Crippen LogP contribution in [0.4, 0.5) is 5.82 Å². The highest BCUT2D eigenvalue weighted by Gasteiger charge is 2.32.